The van der Waals surface area contributed by atoms with Gasteiger partial charge in [0.25, 0.3) is 5.91 Å². The standard InChI is InChI=1S/C44H62N4O7S/c1-9-26-56(52,53)45-39(49)32-16-18-35-36(28-32)47(38(37(35)31-14-11-10-12-15-31)34-19-17-33(54-8)27-30(34)2)29-43(6,7)40(50)46-24-21-44(22-25-46)20-13-23-48(44)41(51)55-42(3,4)5/h16-19,27-28,31H,9-15,20-26,29H2,1-8H3,(H,45,49). The van der Waals surface area contributed by atoms with Crippen LogP contribution in [0.25, 0.3) is 22.2 Å². The van der Waals surface area contributed by atoms with Gasteiger partial charge in [0.1, 0.15) is 11.4 Å². The highest BCUT2D eigenvalue weighted by molar-refractivity contribution is 7.90. The van der Waals surface area contributed by atoms with Gasteiger partial charge in [-0.25, -0.2) is 17.9 Å². The molecule has 0 radical (unpaired) electrons. The molecule has 1 saturated carbocycles. The van der Waals surface area contributed by atoms with E-state index in [0.29, 0.717) is 45.4 Å². The first-order valence-electron chi connectivity index (χ1n) is 20.5. The third-order valence-corrected chi connectivity index (χ3v) is 13.6. The van der Waals surface area contributed by atoms with Crippen LogP contribution in [0.3, 0.4) is 0 Å². The second kappa shape index (κ2) is 16.1. The number of benzene rings is 2. The molecule has 3 amide bonds. The van der Waals surface area contributed by atoms with E-state index in [0.717, 1.165) is 72.0 Å². The number of nitrogens with zero attached hydrogens (tertiary/aromatic N) is 3. The molecule has 3 heterocycles. The summed E-state index contributed by atoms with van der Waals surface area (Å²) in [4.78, 5) is 45.4. The van der Waals surface area contributed by atoms with Gasteiger partial charge in [-0.2, -0.15) is 0 Å². The largest absolute Gasteiger partial charge is 0.497 e. The number of hydrogen-bond donors (Lipinski definition) is 1. The summed E-state index contributed by atoms with van der Waals surface area (Å²) in [5.41, 5.74) is 3.60. The van der Waals surface area contributed by atoms with Crippen LogP contribution < -0.4 is 9.46 Å². The number of aromatic nitrogens is 1. The van der Waals surface area contributed by atoms with Crippen LogP contribution in [0.5, 0.6) is 5.75 Å². The number of likely N-dealkylation sites (tertiary alicyclic amines) is 2. The summed E-state index contributed by atoms with van der Waals surface area (Å²) in [7, 11) is -2.14. The Morgan fingerprint density at radius 1 is 0.911 bits per heavy atom. The summed E-state index contributed by atoms with van der Waals surface area (Å²) in [5.74, 6) is 0.264. The smallest absolute Gasteiger partial charge is 0.410 e. The molecule has 11 nitrogen and oxygen atoms in total. The molecule has 1 N–H and O–H groups in total. The highest BCUT2D eigenvalue weighted by Crippen LogP contribution is 2.47. The van der Waals surface area contributed by atoms with Crippen LogP contribution in [0.15, 0.2) is 36.4 Å². The number of hydrogen-bond acceptors (Lipinski definition) is 7. The fourth-order valence-electron chi connectivity index (χ4n) is 9.40. The molecule has 3 aliphatic rings. The number of amides is 3. The van der Waals surface area contributed by atoms with Gasteiger partial charge in [0, 0.05) is 53.7 Å². The Bertz CT molecular complexity index is 2070. The predicted octanol–water partition coefficient (Wildman–Crippen LogP) is 8.56. The number of carbonyl (C=O) groups is 3. The Morgan fingerprint density at radius 3 is 2.23 bits per heavy atom. The fraction of sp³-hybridized carbons (Fsp3) is 0.614. The molecule has 56 heavy (non-hydrogen) atoms. The zero-order chi connectivity index (χ0) is 40.6. The van der Waals surface area contributed by atoms with E-state index < -0.39 is 26.9 Å². The van der Waals surface area contributed by atoms with Crippen molar-refractivity contribution in [1.29, 1.82) is 0 Å². The number of carbonyl (C=O) groups excluding carboxylic acids is 3. The summed E-state index contributed by atoms with van der Waals surface area (Å²) in [6.07, 6.45) is 8.84. The number of sulfonamides is 1. The lowest BCUT2D eigenvalue weighted by atomic mass is 9.81. The highest BCUT2D eigenvalue weighted by atomic mass is 32.2. The van der Waals surface area contributed by atoms with E-state index in [9.17, 15) is 22.8 Å². The molecule has 1 spiro atoms. The molecule has 306 valence electrons. The maximum Gasteiger partial charge on any atom is 0.410 e. The highest BCUT2D eigenvalue weighted by Gasteiger charge is 2.48. The van der Waals surface area contributed by atoms with E-state index in [1.807, 2.05) is 62.6 Å². The van der Waals surface area contributed by atoms with E-state index in [1.54, 1.807) is 26.2 Å². The number of ether oxygens (including phenoxy) is 2. The molecular formula is C44H62N4O7S. The molecule has 2 aliphatic heterocycles. The van der Waals surface area contributed by atoms with Gasteiger partial charge in [0.2, 0.25) is 15.9 Å². The summed E-state index contributed by atoms with van der Waals surface area (Å²) >= 11 is 0. The molecule has 0 unspecified atom stereocenters. The molecule has 0 atom stereocenters. The summed E-state index contributed by atoms with van der Waals surface area (Å²) < 4.78 is 41.2. The maximum absolute atomic E-state index is 14.7. The number of rotatable bonds is 10. The van der Waals surface area contributed by atoms with Crippen molar-refractivity contribution >= 4 is 38.8 Å². The first-order chi connectivity index (χ1) is 26.4. The topological polar surface area (TPSA) is 127 Å². The van der Waals surface area contributed by atoms with Crippen molar-refractivity contribution in [2.75, 3.05) is 32.5 Å². The first-order valence-corrected chi connectivity index (χ1v) is 22.2. The number of nitrogens with one attached hydrogen (secondary N) is 1. The number of piperidine rings is 1. The SMILES string of the molecule is CCCS(=O)(=O)NC(=O)c1ccc2c(C3CCCCC3)c(-c3ccc(OC)cc3C)n(CC(C)(C)C(=O)N3CCC4(CCCN4C(=O)OC(C)(C)C)CC3)c2c1. The molecule has 0 bridgehead atoms. The molecule has 12 heteroatoms. The van der Waals surface area contributed by atoms with Crippen molar-refractivity contribution < 1.29 is 32.3 Å². The minimum absolute atomic E-state index is 0.0344. The molecule has 1 aromatic heterocycles. The molecular weight excluding hydrogens is 729 g/mol. The molecule has 2 saturated heterocycles. The van der Waals surface area contributed by atoms with Gasteiger partial charge in [-0.3, -0.25) is 9.59 Å². The molecule has 2 aromatic carbocycles. The minimum Gasteiger partial charge on any atom is -0.497 e. The summed E-state index contributed by atoms with van der Waals surface area (Å²) in [5, 5.41) is 1.02. The van der Waals surface area contributed by atoms with Crippen molar-refractivity contribution in [2.45, 2.75) is 136 Å². The third kappa shape index (κ3) is 8.60. The number of aryl methyl sites for hydroxylation is 1. The van der Waals surface area contributed by atoms with Crippen LogP contribution in [0.4, 0.5) is 4.79 Å². The normalized spacial score (nSPS) is 18.1. The van der Waals surface area contributed by atoms with Gasteiger partial charge >= 0.3 is 6.09 Å². The van der Waals surface area contributed by atoms with Gasteiger partial charge in [-0.05, 0) is 134 Å². The Labute approximate surface area is 333 Å². The maximum atomic E-state index is 14.7. The lowest BCUT2D eigenvalue weighted by Crippen LogP contribution is -2.57. The predicted molar refractivity (Wildman–Crippen MR) is 221 cm³/mol. The number of fused-ring (bicyclic) bond motifs is 1. The average molecular weight is 791 g/mol. The van der Waals surface area contributed by atoms with Crippen molar-refractivity contribution in [2.24, 2.45) is 5.41 Å². The van der Waals surface area contributed by atoms with Gasteiger partial charge in [-0.15, -0.1) is 0 Å². The van der Waals surface area contributed by atoms with E-state index in [2.05, 4.69) is 22.3 Å². The van der Waals surface area contributed by atoms with Gasteiger partial charge in [0.15, 0.2) is 0 Å². The van der Waals surface area contributed by atoms with Crippen LogP contribution in [-0.4, -0.2) is 84.3 Å². The zero-order valence-corrected chi connectivity index (χ0v) is 35.6. The molecule has 6 rings (SSSR count). The van der Waals surface area contributed by atoms with Gasteiger partial charge in [-0.1, -0.05) is 32.3 Å². The fourth-order valence-corrected chi connectivity index (χ4v) is 10.4. The van der Waals surface area contributed by atoms with E-state index in [1.165, 1.54) is 12.0 Å². The van der Waals surface area contributed by atoms with Crippen molar-refractivity contribution in [1.82, 2.24) is 19.1 Å². The summed E-state index contributed by atoms with van der Waals surface area (Å²) in [6.45, 7) is 15.6. The van der Waals surface area contributed by atoms with Gasteiger partial charge in [0.05, 0.1) is 24.0 Å². The quantitative estimate of drug-likeness (QED) is 0.218. The lowest BCUT2D eigenvalue weighted by Gasteiger charge is -2.46. The van der Waals surface area contributed by atoms with Crippen LogP contribution in [0.2, 0.25) is 0 Å². The molecule has 3 fully saturated rings. The second-order valence-corrected chi connectivity index (χ2v) is 19.8. The van der Waals surface area contributed by atoms with E-state index in [-0.39, 0.29) is 34.8 Å². The summed E-state index contributed by atoms with van der Waals surface area (Å²) in [6, 6.07) is 11.6. The number of methoxy groups -OCH3 is 1. The average Bonchev–Trinajstić information content (AvgIpc) is 3.69. The van der Waals surface area contributed by atoms with Crippen LogP contribution in [0, 0.1) is 12.3 Å². The Balaban J connectivity index is 1.40. The van der Waals surface area contributed by atoms with Crippen molar-refractivity contribution in [3.8, 4) is 17.0 Å². The first kappa shape index (κ1) is 41.6. The monoisotopic (exact) mass is 790 g/mol. The van der Waals surface area contributed by atoms with Crippen LogP contribution >= 0.6 is 0 Å². The Morgan fingerprint density at radius 2 is 1.61 bits per heavy atom. The minimum atomic E-state index is -3.79. The van der Waals surface area contributed by atoms with Crippen LogP contribution in [0.1, 0.15) is 133 Å². The Kier molecular flexibility index (Phi) is 11.9. The van der Waals surface area contributed by atoms with E-state index >= 15 is 0 Å². The molecule has 1 aliphatic carbocycles. The molecule has 3 aromatic rings. The van der Waals surface area contributed by atoms with E-state index in [4.69, 9.17) is 9.47 Å². The lowest BCUT2D eigenvalue weighted by molar-refractivity contribution is -0.143. The zero-order valence-electron chi connectivity index (χ0n) is 34.8. The second-order valence-electron chi connectivity index (χ2n) is 18.0. The van der Waals surface area contributed by atoms with Crippen molar-refractivity contribution in [3.05, 3.63) is 53.1 Å². The third-order valence-electron chi connectivity index (χ3n) is 12.1. The Hall–Kier alpha value is -4.06. The van der Waals surface area contributed by atoms with Gasteiger partial charge < -0.3 is 23.8 Å². The van der Waals surface area contributed by atoms with Crippen LogP contribution in [-0.2, 0) is 26.1 Å². The van der Waals surface area contributed by atoms with Crippen molar-refractivity contribution in [3.63, 3.8) is 0 Å².